The second kappa shape index (κ2) is 3.85. The zero-order valence-corrected chi connectivity index (χ0v) is 10.3. The SMILES string of the molecule is COCc1ccn(C2(C)CCS(=O)(=O)C2)n1. The highest BCUT2D eigenvalue weighted by Gasteiger charge is 2.40. The predicted octanol–water partition coefficient (Wildman–Crippen LogP) is 0.563. The average Bonchev–Trinajstić information content (AvgIpc) is 2.73. The Labute approximate surface area is 95.3 Å². The van der Waals surface area contributed by atoms with Gasteiger partial charge < -0.3 is 4.74 Å². The molecule has 1 unspecified atom stereocenters. The molecule has 5 nitrogen and oxygen atoms in total. The average molecular weight is 244 g/mol. The van der Waals surface area contributed by atoms with Crippen LogP contribution in [-0.4, -0.2) is 36.8 Å². The van der Waals surface area contributed by atoms with Gasteiger partial charge in [0.25, 0.3) is 0 Å². The molecular formula is C10H16N2O3S. The van der Waals surface area contributed by atoms with Crippen molar-refractivity contribution in [2.45, 2.75) is 25.5 Å². The lowest BCUT2D eigenvalue weighted by Gasteiger charge is -2.22. The molecule has 1 aliphatic rings. The van der Waals surface area contributed by atoms with Gasteiger partial charge in [0, 0.05) is 13.3 Å². The Morgan fingerprint density at radius 1 is 1.62 bits per heavy atom. The van der Waals surface area contributed by atoms with Gasteiger partial charge in [-0.05, 0) is 19.4 Å². The van der Waals surface area contributed by atoms with Crippen molar-refractivity contribution < 1.29 is 13.2 Å². The monoisotopic (exact) mass is 244 g/mol. The third-order valence-corrected chi connectivity index (χ3v) is 4.86. The molecule has 1 saturated heterocycles. The highest BCUT2D eigenvalue weighted by molar-refractivity contribution is 7.91. The molecule has 2 rings (SSSR count). The van der Waals surface area contributed by atoms with Crippen LogP contribution in [0.2, 0.25) is 0 Å². The molecular weight excluding hydrogens is 228 g/mol. The van der Waals surface area contributed by atoms with Gasteiger partial charge in [0.05, 0.1) is 29.3 Å². The van der Waals surface area contributed by atoms with Crippen LogP contribution >= 0.6 is 0 Å². The molecule has 6 heteroatoms. The maximum atomic E-state index is 11.5. The summed E-state index contributed by atoms with van der Waals surface area (Å²) in [6.45, 7) is 2.39. The summed E-state index contributed by atoms with van der Waals surface area (Å²) in [5, 5.41) is 4.35. The molecule has 0 spiro atoms. The molecule has 0 saturated carbocycles. The van der Waals surface area contributed by atoms with Crippen molar-refractivity contribution in [1.29, 1.82) is 0 Å². The van der Waals surface area contributed by atoms with E-state index in [0.29, 0.717) is 13.0 Å². The number of sulfone groups is 1. The van der Waals surface area contributed by atoms with Crippen molar-refractivity contribution in [2.24, 2.45) is 0 Å². The van der Waals surface area contributed by atoms with E-state index >= 15 is 0 Å². The molecule has 90 valence electrons. The summed E-state index contributed by atoms with van der Waals surface area (Å²) in [6.07, 6.45) is 2.46. The standard InChI is InChI=1S/C10H16N2O3S/c1-10(4-6-16(13,14)8-10)12-5-3-9(11-12)7-15-2/h3,5H,4,6-8H2,1-2H3. The molecule has 0 N–H and O–H groups in total. The molecule has 0 amide bonds. The van der Waals surface area contributed by atoms with E-state index in [2.05, 4.69) is 5.10 Å². The quantitative estimate of drug-likeness (QED) is 0.779. The van der Waals surface area contributed by atoms with Gasteiger partial charge >= 0.3 is 0 Å². The first-order valence-electron chi connectivity index (χ1n) is 5.20. The zero-order valence-electron chi connectivity index (χ0n) is 9.51. The fourth-order valence-electron chi connectivity index (χ4n) is 2.06. The lowest BCUT2D eigenvalue weighted by Crippen LogP contribution is -2.31. The molecule has 1 atom stereocenters. The van der Waals surface area contributed by atoms with Crippen molar-refractivity contribution in [2.75, 3.05) is 18.6 Å². The smallest absolute Gasteiger partial charge is 0.152 e. The molecule has 1 aromatic rings. The van der Waals surface area contributed by atoms with Crippen molar-refractivity contribution >= 4 is 9.84 Å². The highest BCUT2D eigenvalue weighted by Crippen LogP contribution is 2.29. The second-order valence-electron chi connectivity index (χ2n) is 4.52. The summed E-state index contributed by atoms with van der Waals surface area (Å²) < 4.78 is 29.7. The van der Waals surface area contributed by atoms with Crippen LogP contribution in [0.25, 0.3) is 0 Å². The Kier molecular flexibility index (Phi) is 2.79. The molecule has 2 heterocycles. The number of rotatable bonds is 3. The Bertz CT molecular complexity index is 480. The third-order valence-electron chi connectivity index (χ3n) is 2.97. The van der Waals surface area contributed by atoms with Crippen LogP contribution in [0.4, 0.5) is 0 Å². The molecule has 1 aromatic heterocycles. The molecule has 1 fully saturated rings. The molecule has 0 bridgehead atoms. The molecule has 1 aliphatic heterocycles. The minimum atomic E-state index is -2.90. The number of aromatic nitrogens is 2. The molecule has 0 aliphatic carbocycles. The lowest BCUT2D eigenvalue weighted by atomic mass is 10.0. The summed E-state index contributed by atoms with van der Waals surface area (Å²) in [7, 11) is -1.29. The minimum absolute atomic E-state index is 0.175. The normalized spacial score (nSPS) is 28.4. The Morgan fingerprint density at radius 3 is 2.94 bits per heavy atom. The van der Waals surface area contributed by atoms with E-state index in [-0.39, 0.29) is 11.5 Å². The summed E-state index contributed by atoms with van der Waals surface area (Å²) in [6, 6.07) is 1.86. The van der Waals surface area contributed by atoms with E-state index in [1.54, 1.807) is 11.8 Å². The number of nitrogens with zero attached hydrogens (tertiary/aromatic N) is 2. The summed E-state index contributed by atoms with van der Waals surface area (Å²) in [5.74, 6) is 0.428. The van der Waals surface area contributed by atoms with Crippen LogP contribution in [-0.2, 0) is 26.7 Å². The van der Waals surface area contributed by atoms with Crippen molar-refractivity contribution in [3.8, 4) is 0 Å². The number of hydrogen-bond donors (Lipinski definition) is 0. The van der Waals surface area contributed by atoms with E-state index in [4.69, 9.17) is 4.74 Å². The van der Waals surface area contributed by atoms with E-state index < -0.39 is 15.4 Å². The van der Waals surface area contributed by atoms with Crippen LogP contribution in [0.1, 0.15) is 19.0 Å². The predicted molar refractivity (Wildman–Crippen MR) is 59.9 cm³/mol. The molecule has 16 heavy (non-hydrogen) atoms. The summed E-state index contributed by atoms with van der Waals surface area (Å²) >= 11 is 0. The van der Waals surface area contributed by atoms with E-state index in [1.165, 1.54) is 0 Å². The largest absolute Gasteiger partial charge is 0.378 e. The van der Waals surface area contributed by atoms with Crippen LogP contribution < -0.4 is 0 Å². The van der Waals surface area contributed by atoms with Gasteiger partial charge in [0.2, 0.25) is 0 Å². The van der Waals surface area contributed by atoms with Crippen LogP contribution in [0.5, 0.6) is 0 Å². The van der Waals surface area contributed by atoms with Crippen LogP contribution in [0, 0.1) is 0 Å². The van der Waals surface area contributed by atoms with E-state index in [9.17, 15) is 8.42 Å². The maximum Gasteiger partial charge on any atom is 0.152 e. The summed E-state index contributed by atoms with van der Waals surface area (Å²) in [4.78, 5) is 0. The van der Waals surface area contributed by atoms with Gasteiger partial charge in [0.1, 0.15) is 0 Å². The Morgan fingerprint density at radius 2 is 2.38 bits per heavy atom. The topological polar surface area (TPSA) is 61.2 Å². The maximum absolute atomic E-state index is 11.5. The first-order valence-corrected chi connectivity index (χ1v) is 7.02. The number of methoxy groups -OCH3 is 1. The molecule has 0 aromatic carbocycles. The van der Waals surface area contributed by atoms with E-state index in [0.717, 1.165) is 5.69 Å². The minimum Gasteiger partial charge on any atom is -0.378 e. The Hall–Kier alpha value is -0.880. The molecule has 0 radical (unpaired) electrons. The Balaban J connectivity index is 2.23. The van der Waals surface area contributed by atoms with Gasteiger partial charge in [0.15, 0.2) is 9.84 Å². The first-order chi connectivity index (χ1) is 7.45. The van der Waals surface area contributed by atoms with Gasteiger partial charge in [-0.25, -0.2) is 8.42 Å². The van der Waals surface area contributed by atoms with Gasteiger partial charge in [-0.15, -0.1) is 0 Å². The third kappa shape index (κ3) is 2.12. The van der Waals surface area contributed by atoms with E-state index in [1.807, 2.05) is 19.2 Å². The fourth-order valence-corrected chi connectivity index (χ4v) is 4.18. The second-order valence-corrected chi connectivity index (χ2v) is 6.71. The van der Waals surface area contributed by atoms with Crippen LogP contribution in [0.3, 0.4) is 0 Å². The van der Waals surface area contributed by atoms with Gasteiger partial charge in [-0.2, -0.15) is 5.10 Å². The van der Waals surface area contributed by atoms with Crippen molar-refractivity contribution in [3.05, 3.63) is 18.0 Å². The summed E-state index contributed by atoms with van der Waals surface area (Å²) in [5.41, 5.74) is 0.429. The highest BCUT2D eigenvalue weighted by atomic mass is 32.2. The number of hydrogen-bond acceptors (Lipinski definition) is 4. The van der Waals surface area contributed by atoms with Crippen LogP contribution in [0.15, 0.2) is 12.3 Å². The first kappa shape index (κ1) is 11.6. The fraction of sp³-hybridized carbons (Fsp3) is 0.700. The van der Waals surface area contributed by atoms with Crippen molar-refractivity contribution in [1.82, 2.24) is 9.78 Å². The van der Waals surface area contributed by atoms with Gasteiger partial charge in [-0.3, -0.25) is 4.68 Å². The lowest BCUT2D eigenvalue weighted by molar-refractivity contribution is 0.179. The van der Waals surface area contributed by atoms with Crippen molar-refractivity contribution in [3.63, 3.8) is 0 Å². The zero-order chi connectivity index (χ0) is 11.8. The number of ether oxygens (including phenoxy) is 1. The van der Waals surface area contributed by atoms with Gasteiger partial charge in [-0.1, -0.05) is 0 Å².